The van der Waals surface area contributed by atoms with Crippen LogP contribution >= 0.6 is 0 Å². The lowest BCUT2D eigenvalue weighted by Gasteiger charge is -2.39. The molecule has 1 aliphatic heterocycles. The number of hydrogen-bond donors (Lipinski definition) is 2. The predicted octanol–water partition coefficient (Wildman–Crippen LogP) is 1.98. The maximum Gasteiger partial charge on any atom is 0.226 e. The van der Waals surface area contributed by atoms with Crippen molar-refractivity contribution in [3.8, 4) is 0 Å². The molecule has 1 amide bonds. The lowest BCUT2D eigenvalue weighted by Crippen LogP contribution is -2.48. The van der Waals surface area contributed by atoms with Crippen molar-refractivity contribution < 1.29 is 13.2 Å². The Bertz CT molecular complexity index is 782. The van der Waals surface area contributed by atoms with E-state index in [1.165, 1.54) is 6.26 Å². The number of carbonyl (C=O) groups excluding carboxylic acids is 1. The van der Waals surface area contributed by atoms with Gasteiger partial charge in [0.2, 0.25) is 5.91 Å². The minimum atomic E-state index is -3.23. The number of carbonyl (C=O) groups is 1. The molecule has 2 aliphatic rings. The Morgan fingerprint density at radius 3 is 2.45 bits per heavy atom. The van der Waals surface area contributed by atoms with E-state index in [0.717, 1.165) is 63.7 Å². The van der Waals surface area contributed by atoms with Crippen LogP contribution in [0.4, 0.5) is 0 Å². The Hall–Kier alpha value is -1.44. The Morgan fingerprint density at radius 2 is 1.83 bits per heavy atom. The third kappa shape index (κ3) is 6.03. The summed E-state index contributed by atoms with van der Waals surface area (Å²) < 4.78 is 23.7. The van der Waals surface area contributed by atoms with E-state index in [2.05, 4.69) is 10.2 Å². The van der Waals surface area contributed by atoms with Crippen molar-refractivity contribution in [2.45, 2.75) is 55.9 Å². The number of piperidine rings is 1. The quantitative estimate of drug-likeness (QED) is 0.702. The second-order valence-corrected chi connectivity index (χ2v) is 10.7. The summed E-state index contributed by atoms with van der Waals surface area (Å²) in [6.07, 6.45) is 7.91. The molecule has 0 atom stereocenters. The van der Waals surface area contributed by atoms with Crippen molar-refractivity contribution in [3.63, 3.8) is 0 Å². The van der Waals surface area contributed by atoms with E-state index in [-0.39, 0.29) is 17.9 Å². The molecule has 1 heterocycles. The van der Waals surface area contributed by atoms with Crippen molar-refractivity contribution in [2.24, 2.45) is 17.6 Å². The standard InChI is InChI=1S/C22H35N3O3S/c1-29(27,28)21-4-2-3-17(15-21)11-14-25(20-7-5-18(16-23)6-8-20)22(26)19-9-12-24-13-10-19/h2-4,15,18-20,24H,5-14,16,23H2,1H3. The van der Waals surface area contributed by atoms with Crippen LogP contribution < -0.4 is 11.1 Å². The highest BCUT2D eigenvalue weighted by Crippen LogP contribution is 2.29. The maximum atomic E-state index is 13.4. The molecule has 1 saturated heterocycles. The summed E-state index contributed by atoms with van der Waals surface area (Å²) in [6.45, 7) is 3.18. The van der Waals surface area contributed by atoms with Crippen LogP contribution in [0.25, 0.3) is 0 Å². The molecule has 29 heavy (non-hydrogen) atoms. The summed E-state index contributed by atoms with van der Waals surface area (Å²) in [5, 5.41) is 3.34. The molecule has 0 bridgehead atoms. The SMILES string of the molecule is CS(=O)(=O)c1cccc(CCN(C(=O)C2CCNCC2)C2CCC(CN)CC2)c1. The van der Waals surface area contributed by atoms with E-state index in [9.17, 15) is 13.2 Å². The van der Waals surface area contributed by atoms with Crippen LogP contribution in [0, 0.1) is 11.8 Å². The first-order valence-corrected chi connectivity index (χ1v) is 12.8. The molecular weight excluding hydrogens is 386 g/mol. The first-order valence-electron chi connectivity index (χ1n) is 10.9. The van der Waals surface area contributed by atoms with Gasteiger partial charge in [-0.1, -0.05) is 12.1 Å². The third-order valence-corrected chi connectivity index (χ3v) is 7.64. The monoisotopic (exact) mass is 421 g/mol. The second kappa shape index (κ2) is 10.0. The van der Waals surface area contributed by atoms with Crippen LogP contribution in [0.15, 0.2) is 29.2 Å². The minimum absolute atomic E-state index is 0.103. The molecule has 0 aromatic heterocycles. The number of amides is 1. The van der Waals surface area contributed by atoms with E-state index < -0.39 is 9.84 Å². The van der Waals surface area contributed by atoms with E-state index in [1.54, 1.807) is 18.2 Å². The molecule has 162 valence electrons. The lowest BCUT2D eigenvalue weighted by atomic mass is 9.84. The molecule has 1 aromatic carbocycles. The molecule has 0 unspecified atom stereocenters. The third-order valence-electron chi connectivity index (χ3n) is 6.53. The molecule has 1 aromatic rings. The number of nitrogens with one attached hydrogen (secondary N) is 1. The fourth-order valence-corrected chi connectivity index (χ4v) is 5.34. The van der Waals surface area contributed by atoms with Crippen LogP contribution in [0.2, 0.25) is 0 Å². The van der Waals surface area contributed by atoms with E-state index >= 15 is 0 Å². The molecule has 0 radical (unpaired) electrons. The van der Waals surface area contributed by atoms with Gasteiger partial charge in [0.1, 0.15) is 0 Å². The van der Waals surface area contributed by atoms with E-state index in [4.69, 9.17) is 5.73 Å². The van der Waals surface area contributed by atoms with Crippen molar-refractivity contribution in [2.75, 3.05) is 32.4 Å². The summed E-state index contributed by atoms with van der Waals surface area (Å²) in [7, 11) is -3.23. The number of rotatable bonds is 7. The zero-order chi connectivity index (χ0) is 20.9. The van der Waals surface area contributed by atoms with Crippen LogP contribution in [-0.2, 0) is 21.1 Å². The molecule has 0 spiro atoms. The van der Waals surface area contributed by atoms with Crippen molar-refractivity contribution in [3.05, 3.63) is 29.8 Å². The van der Waals surface area contributed by atoms with Gasteiger partial charge in [-0.05, 0) is 88.2 Å². The van der Waals surface area contributed by atoms with E-state index in [1.807, 2.05) is 6.07 Å². The fraction of sp³-hybridized carbons (Fsp3) is 0.682. The van der Waals surface area contributed by atoms with Gasteiger partial charge in [-0.3, -0.25) is 4.79 Å². The number of nitrogens with zero attached hydrogens (tertiary/aromatic N) is 1. The molecule has 7 heteroatoms. The minimum Gasteiger partial charge on any atom is -0.339 e. The van der Waals surface area contributed by atoms with Gasteiger partial charge in [0, 0.05) is 24.8 Å². The van der Waals surface area contributed by atoms with Gasteiger partial charge < -0.3 is 16.0 Å². The Morgan fingerprint density at radius 1 is 1.14 bits per heavy atom. The van der Waals surface area contributed by atoms with Crippen LogP contribution in [0.3, 0.4) is 0 Å². The zero-order valence-corrected chi connectivity index (χ0v) is 18.3. The zero-order valence-electron chi connectivity index (χ0n) is 17.5. The van der Waals surface area contributed by atoms with Crippen molar-refractivity contribution >= 4 is 15.7 Å². The van der Waals surface area contributed by atoms with Gasteiger partial charge >= 0.3 is 0 Å². The van der Waals surface area contributed by atoms with Crippen LogP contribution in [0.5, 0.6) is 0 Å². The highest BCUT2D eigenvalue weighted by Gasteiger charge is 2.32. The van der Waals surface area contributed by atoms with Gasteiger partial charge in [0.05, 0.1) is 4.90 Å². The van der Waals surface area contributed by atoms with Crippen molar-refractivity contribution in [1.82, 2.24) is 10.2 Å². The molecule has 2 fully saturated rings. The first kappa shape index (κ1) is 22.2. The number of nitrogens with two attached hydrogens (primary N) is 1. The van der Waals surface area contributed by atoms with Gasteiger partial charge in [0.25, 0.3) is 0 Å². The van der Waals surface area contributed by atoms with Gasteiger partial charge in [-0.2, -0.15) is 0 Å². The number of hydrogen-bond acceptors (Lipinski definition) is 5. The average Bonchev–Trinajstić information content (AvgIpc) is 2.74. The Labute approximate surface area is 175 Å². The molecule has 1 saturated carbocycles. The van der Waals surface area contributed by atoms with E-state index in [0.29, 0.717) is 23.8 Å². The van der Waals surface area contributed by atoms with Gasteiger partial charge in [-0.15, -0.1) is 0 Å². The molecule has 3 N–H and O–H groups in total. The summed E-state index contributed by atoms with van der Waals surface area (Å²) in [5.41, 5.74) is 6.81. The molecular formula is C22H35N3O3S. The lowest BCUT2D eigenvalue weighted by molar-refractivity contribution is -0.139. The Kier molecular flexibility index (Phi) is 7.71. The normalized spacial score (nSPS) is 23.7. The summed E-state index contributed by atoms with van der Waals surface area (Å²) in [6, 6.07) is 7.39. The summed E-state index contributed by atoms with van der Waals surface area (Å²) >= 11 is 0. The molecule has 1 aliphatic carbocycles. The summed E-state index contributed by atoms with van der Waals surface area (Å²) in [5.74, 6) is 0.960. The smallest absolute Gasteiger partial charge is 0.226 e. The van der Waals surface area contributed by atoms with Crippen LogP contribution in [0.1, 0.15) is 44.1 Å². The van der Waals surface area contributed by atoms with Gasteiger partial charge in [-0.25, -0.2) is 8.42 Å². The maximum absolute atomic E-state index is 13.4. The topological polar surface area (TPSA) is 92.5 Å². The summed E-state index contributed by atoms with van der Waals surface area (Å²) in [4.78, 5) is 15.8. The molecule has 6 nitrogen and oxygen atoms in total. The van der Waals surface area contributed by atoms with Crippen LogP contribution in [-0.4, -0.2) is 57.7 Å². The second-order valence-electron chi connectivity index (χ2n) is 8.64. The predicted molar refractivity (Wildman–Crippen MR) is 115 cm³/mol. The number of benzene rings is 1. The Balaban J connectivity index is 1.72. The fourth-order valence-electron chi connectivity index (χ4n) is 4.65. The largest absolute Gasteiger partial charge is 0.339 e. The average molecular weight is 422 g/mol. The highest BCUT2D eigenvalue weighted by molar-refractivity contribution is 7.90. The highest BCUT2D eigenvalue weighted by atomic mass is 32.2. The molecule has 3 rings (SSSR count). The van der Waals surface area contributed by atoms with Crippen molar-refractivity contribution in [1.29, 1.82) is 0 Å². The first-order chi connectivity index (χ1) is 13.9. The van der Waals surface area contributed by atoms with Gasteiger partial charge in [0.15, 0.2) is 9.84 Å². The number of sulfone groups is 1.